The lowest BCUT2D eigenvalue weighted by Gasteiger charge is -2.36. The Labute approximate surface area is 122 Å². The van der Waals surface area contributed by atoms with E-state index < -0.39 is 5.41 Å². The maximum atomic E-state index is 12.4. The predicted molar refractivity (Wildman–Crippen MR) is 72.0 cm³/mol. The summed E-state index contributed by atoms with van der Waals surface area (Å²) in [5.74, 6) is 0.0240. The van der Waals surface area contributed by atoms with E-state index in [0.29, 0.717) is 32.7 Å². The zero-order chi connectivity index (χ0) is 14.9. The van der Waals surface area contributed by atoms with Crippen LogP contribution < -0.4 is 5.32 Å². The third-order valence-electron chi connectivity index (χ3n) is 4.50. The number of fused-ring (bicyclic) bond motifs is 1. The van der Waals surface area contributed by atoms with Gasteiger partial charge in [-0.05, 0) is 6.42 Å². The molecule has 2 saturated heterocycles. The number of likely N-dealkylation sites (tertiary alicyclic amines) is 1. The summed E-state index contributed by atoms with van der Waals surface area (Å²) < 4.78 is 6.98. The Morgan fingerprint density at radius 2 is 2.38 bits per heavy atom. The van der Waals surface area contributed by atoms with Crippen LogP contribution in [-0.4, -0.2) is 64.8 Å². The molecule has 0 spiro atoms. The maximum Gasteiger partial charge on any atom is 0.244 e. The molecule has 21 heavy (non-hydrogen) atoms. The first kappa shape index (κ1) is 14.0. The van der Waals surface area contributed by atoms with Crippen LogP contribution in [0.4, 0.5) is 0 Å². The number of hydrogen-bond donors (Lipinski definition) is 1. The lowest BCUT2D eigenvalue weighted by molar-refractivity contribution is -0.139. The molecular formula is C13H19N5O3. The highest BCUT2D eigenvalue weighted by Crippen LogP contribution is 2.42. The van der Waals surface area contributed by atoms with Gasteiger partial charge < -0.3 is 15.0 Å². The number of carbonyl (C=O) groups excluding carboxylic acids is 2. The highest BCUT2D eigenvalue weighted by Gasteiger charge is 2.54. The number of nitrogens with one attached hydrogen (secondary N) is 1. The summed E-state index contributed by atoms with van der Waals surface area (Å²) in [5.41, 5.74) is -0.509. The average molecular weight is 293 g/mol. The molecule has 1 N–H and O–H groups in total. The largest absolute Gasteiger partial charge is 0.381 e. The fourth-order valence-electron chi connectivity index (χ4n) is 3.31. The molecule has 0 unspecified atom stereocenters. The summed E-state index contributed by atoms with van der Waals surface area (Å²) >= 11 is 0. The second-order valence-corrected chi connectivity index (χ2v) is 5.62. The molecule has 3 heterocycles. The van der Waals surface area contributed by atoms with Gasteiger partial charge in [0.2, 0.25) is 11.8 Å². The van der Waals surface area contributed by atoms with E-state index in [2.05, 4.69) is 15.4 Å². The van der Waals surface area contributed by atoms with E-state index in [-0.39, 0.29) is 24.3 Å². The minimum atomic E-state index is -0.509. The molecule has 0 saturated carbocycles. The molecule has 2 fully saturated rings. The first-order valence-corrected chi connectivity index (χ1v) is 7.06. The van der Waals surface area contributed by atoms with Crippen LogP contribution in [0.25, 0.3) is 0 Å². The van der Waals surface area contributed by atoms with Gasteiger partial charge in [0.25, 0.3) is 0 Å². The lowest BCUT2D eigenvalue weighted by atomic mass is 9.73. The van der Waals surface area contributed by atoms with Crippen LogP contribution in [0.3, 0.4) is 0 Å². The van der Waals surface area contributed by atoms with Gasteiger partial charge in [0.15, 0.2) is 0 Å². The summed E-state index contributed by atoms with van der Waals surface area (Å²) in [4.78, 5) is 30.3. The fourth-order valence-corrected chi connectivity index (χ4v) is 3.31. The van der Waals surface area contributed by atoms with Gasteiger partial charge in [-0.1, -0.05) is 0 Å². The zero-order valence-electron chi connectivity index (χ0n) is 12.0. The van der Waals surface area contributed by atoms with Crippen molar-refractivity contribution < 1.29 is 14.3 Å². The van der Waals surface area contributed by atoms with Gasteiger partial charge >= 0.3 is 0 Å². The quantitative estimate of drug-likeness (QED) is 0.763. The Bertz CT molecular complexity index is 532. The van der Waals surface area contributed by atoms with E-state index in [9.17, 15) is 9.59 Å². The third kappa shape index (κ3) is 2.39. The molecule has 2 atom stereocenters. The number of ether oxygens (including phenoxy) is 1. The van der Waals surface area contributed by atoms with Crippen molar-refractivity contribution in [2.75, 3.05) is 33.4 Å². The highest BCUT2D eigenvalue weighted by molar-refractivity contribution is 5.85. The number of amides is 2. The first-order valence-electron chi connectivity index (χ1n) is 7.06. The molecule has 0 aromatic carbocycles. The van der Waals surface area contributed by atoms with Crippen LogP contribution in [-0.2, 0) is 20.9 Å². The van der Waals surface area contributed by atoms with Gasteiger partial charge in [-0.15, -0.1) is 0 Å². The molecule has 1 aromatic rings. The van der Waals surface area contributed by atoms with Gasteiger partial charge in [0.05, 0.1) is 12.0 Å². The molecule has 8 heteroatoms. The van der Waals surface area contributed by atoms with Crippen LogP contribution in [0, 0.1) is 11.3 Å². The number of hydrogen-bond acceptors (Lipinski definition) is 5. The van der Waals surface area contributed by atoms with Gasteiger partial charge in [-0.3, -0.25) is 9.59 Å². The van der Waals surface area contributed by atoms with E-state index in [1.165, 1.54) is 17.3 Å². The Morgan fingerprint density at radius 3 is 3.10 bits per heavy atom. The van der Waals surface area contributed by atoms with Crippen molar-refractivity contribution >= 4 is 11.8 Å². The molecular weight excluding hydrogens is 274 g/mol. The topological polar surface area (TPSA) is 89.4 Å². The SMILES string of the molecule is CNC(=O)[C@]12CCOC[C@H]1CN(C(=O)Cn1cncn1)C2. The molecule has 0 bridgehead atoms. The molecule has 0 radical (unpaired) electrons. The number of rotatable bonds is 3. The van der Waals surface area contributed by atoms with Gasteiger partial charge in [0.1, 0.15) is 19.2 Å². The molecule has 3 rings (SSSR count). The van der Waals surface area contributed by atoms with Crippen molar-refractivity contribution in [2.24, 2.45) is 11.3 Å². The van der Waals surface area contributed by atoms with Gasteiger partial charge in [-0.25, -0.2) is 9.67 Å². The van der Waals surface area contributed by atoms with Crippen LogP contribution in [0.2, 0.25) is 0 Å². The summed E-state index contributed by atoms with van der Waals surface area (Å²) in [6.07, 6.45) is 3.57. The van der Waals surface area contributed by atoms with E-state index in [1.54, 1.807) is 11.9 Å². The van der Waals surface area contributed by atoms with Crippen molar-refractivity contribution in [1.82, 2.24) is 25.0 Å². The zero-order valence-corrected chi connectivity index (χ0v) is 12.0. The molecule has 114 valence electrons. The van der Waals surface area contributed by atoms with E-state index >= 15 is 0 Å². The Balaban J connectivity index is 1.74. The molecule has 2 amide bonds. The van der Waals surface area contributed by atoms with Gasteiger partial charge in [-0.2, -0.15) is 5.10 Å². The van der Waals surface area contributed by atoms with E-state index in [0.717, 1.165) is 0 Å². The normalized spacial score (nSPS) is 28.2. The minimum absolute atomic E-state index is 0.00635. The van der Waals surface area contributed by atoms with Crippen LogP contribution in [0.5, 0.6) is 0 Å². The lowest BCUT2D eigenvalue weighted by Crippen LogP contribution is -2.49. The Morgan fingerprint density at radius 1 is 1.52 bits per heavy atom. The predicted octanol–water partition coefficient (Wildman–Crippen LogP) is -1.11. The molecule has 8 nitrogen and oxygen atoms in total. The van der Waals surface area contributed by atoms with Crippen molar-refractivity contribution in [3.8, 4) is 0 Å². The minimum Gasteiger partial charge on any atom is -0.381 e. The maximum absolute atomic E-state index is 12.4. The molecule has 1 aromatic heterocycles. The second kappa shape index (κ2) is 5.44. The van der Waals surface area contributed by atoms with Crippen molar-refractivity contribution in [3.63, 3.8) is 0 Å². The third-order valence-corrected chi connectivity index (χ3v) is 4.50. The molecule has 2 aliphatic rings. The van der Waals surface area contributed by atoms with Crippen molar-refractivity contribution in [1.29, 1.82) is 0 Å². The molecule has 2 aliphatic heterocycles. The van der Waals surface area contributed by atoms with Gasteiger partial charge in [0, 0.05) is 32.7 Å². The monoisotopic (exact) mass is 293 g/mol. The first-order chi connectivity index (χ1) is 10.2. The second-order valence-electron chi connectivity index (χ2n) is 5.62. The number of carbonyl (C=O) groups is 2. The summed E-state index contributed by atoms with van der Waals surface area (Å²) in [6.45, 7) is 2.25. The van der Waals surface area contributed by atoms with Crippen LogP contribution >= 0.6 is 0 Å². The fraction of sp³-hybridized carbons (Fsp3) is 0.692. The van der Waals surface area contributed by atoms with Crippen molar-refractivity contribution in [2.45, 2.75) is 13.0 Å². The Kier molecular flexibility index (Phi) is 3.62. The number of nitrogens with zero attached hydrogens (tertiary/aromatic N) is 4. The summed E-state index contributed by atoms with van der Waals surface area (Å²) in [7, 11) is 1.64. The van der Waals surface area contributed by atoms with E-state index in [1.807, 2.05) is 0 Å². The Hall–Kier alpha value is -1.96. The smallest absolute Gasteiger partial charge is 0.244 e. The standard InChI is InChI=1S/C13H19N5O3/c1-14-12(20)13-2-3-21-6-10(13)4-17(7-13)11(19)5-18-9-15-8-16-18/h8-10H,2-7H2,1H3,(H,14,20)/t10-,13+/m1/s1. The molecule has 0 aliphatic carbocycles. The van der Waals surface area contributed by atoms with Crippen molar-refractivity contribution in [3.05, 3.63) is 12.7 Å². The number of aromatic nitrogens is 3. The van der Waals surface area contributed by atoms with Crippen LogP contribution in [0.15, 0.2) is 12.7 Å². The summed E-state index contributed by atoms with van der Waals surface area (Å²) in [6, 6.07) is 0. The average Bonchev–Trinajstić information content (AvgIpc) is 3.13. The van der Waals surface area contributed by atoms with E-state index in [4.69, 9.17) is 4.74 Å². The summed E-state index contributed by atoms with van der Waals surface area (Å²) in [5, 5.41) is 6.68. The van der Waals surface area contributed by atoms with Crippen LogP contribution in [0.1, 0.15) is 6.42 Å². The highest BCUT2D eigenvalue weighted by atomic mass is 16.5.